The Morgan fingerprint density at radius 3 is 2.76 bits per heavy atom. The van der Waals surface area contributed by atoms with Crippen LogP contribution in [0.15, 0.2) is 47.6 Å². The maximum atomic E-state index is 14.2. The number of thioether (sulfide) groups is 1. The monoisotopic (exact) mass is 417 g/mol. The van der Waals surface area contributed by atoms with Gasteiger partial charge in [0.25, 0.3) is 0 Å². The van der Waals surface area contributed by atoms with Crippen molar-refractivity contribution < 1.29 is 18.3 Å². The van der Waals surface area contributed by atoms with Crippen molar-refractivity contribution in [3.63, 3.8) is 0 Å². The van der Waals surface area contributed by atoms with Crippen molar-refractivity contribution in [1.82, 2.24) is 5.43 Å². The van der Waals surface area contributed by atoms with E-state index in [2.05, 4.69) is 10.5 Å². The highest BCUT2D eigenvalue weighted by molar-refractivity contribution is 8.15. The van der Waals surface area contributed by atoms with Gasteiger partial charge < -0.3 is 4.74 Å². The fourth-order valence-corrected chi connectivity index (χ4v) is 4.69. The predicted molar refractivity (Wildman–Crippen MR) is 110 cm³/mol. The Bertz CT molecular complexity index is 1010. The summed E-state index contributed by atoms with van der Waals surface area (Å²) < 4.78 is 33.4. The fraction of sp³-hybridized carbons (Fsp3) is 0.333. The zero-order valence-corrected chi connectivity index (χ0v) is 17.1. The summed E-state index contributed by atoms with van der Waals surface area (Å²) in [4.78, 5) is 13.6. The van der Waals surface area contributed by atoms with E-state index < -0.39 is 28.2 Å². The maximum Gasteiger partial charge on any atom is 0.414 e. The van der Waals surface area contributed by atoms with Crippen molar-refractivity contribution in [3.8, 4) is 0 Å². The number of hydrogen-bond acceptors (Lipinski definition) is 5. The van der Waals surface area contributed by atoms with Gasteiger partial charge >= 0.3 is 6.09 Å². The maximum absolute atomic E-state index is 14.2. The molecule has 0 aromatic heterocycles. The van der Waals surface area contributed by atoms with Gasteiger partial charge in [0.1, 0.15) is 27.2 Å². The molecule has 0 aliphatic carbocycles. The van der Waals surface area contributed by atoms with Gasteiger partial charge in [-0.05, 0) is 45.0 Å². The number of anilines is 1. The highest BCUT2D eigenvalue weighted by atomic mass is 32.2. The van der Waals surface area contributed by atoms with E-state index >= 15 is 0 Å². The molecule has 0 bridgehead atoms. The van der Waals surface area contributed by atoms with Gasteiger partial charge in [-0.1, -0.05) is 30.0 Å². The number of hydrazone groups is 1. The number of ether oxygens (including phenoxy) is 1. The summed E-state index contributed by atoms with van der Waals surface area (Å²) in [5, 5.41) is 4.68. The number of hydrogen-bond donors (Lipinski definition) is 1. The van der Waals surface area contributed by atoms with Crippen LogP contribution in [-0.2, 0) is 9.61 Å². The Kier molecular flexibility index (Phi) is 4.77. The number of halogens is 2. The van der Waals surface area contributed by atoms with Crippen molar-refractivity contribution in [2.45, 2.75) is 37.7 Å². The third-order valence-corrected chi connectivity index (χ3v) is 6.07. The lowest BCUT2D eigenvalue weighted by Crippen LogP contribution is -2.47. The van der Waals surface area contributed by atoms with Crippen LogP contribution < -0.4 is 10.3 Å². The SMILES string of the molecule is CC(C)(C)OC(=O)N1CCC2(NN=C(c3cc(F)ccc3F)S2)c2ccccc21. The zero-order chi connectivity index (χ0) is 20.8. The lowest BCUT2D eigenvalue weighted by atomic mass is 9.96. The molecule has 0 fully saturated rings. The zero-order valence-electron chi connectivity index (χ0n) is 16.3. The lowest BCUT2D eigenvalue weighted by Gasteiger charge is -2.40. The summed E-state index contributed by atoms with van der Waals surface area (Å²) in [6, 6.07) is 10.8. The minimum absolute atomic E-state index is 0.117. The highest BCUT2D eigenvalue weighted by Crippen LogP contribution is 2.49. The Hall–Kier alpha value is -2.61. The number of nitrogens with one attached hydrogen (secondary N) is 1. The molecule has 2 aliphatic rings. The van der Waals surface area contributed by atoms with Crippen molar-refractivity contribution in [2.75, 3.05) is 11.4 Å². The normalized spacial score (nSPS) is 20.9. The van der Waals surface area contributed by atoms with Gasteiger partial charge in [-0.2, -0.15) is 5.10 Å². The third-order valence-electron chi connectivity index (χ3n) is 4.70. The quantitative estimate of drug-likeness (QED) is 0.713. The molecule has 1 spiro atoms. The smallest absolute Gasteiger partial charge is 0.414 e. The van der Waals surface area contributed by atoms with E-state index in [1.165, 1.54) is 11.8 Å². The van der Waals surface area contributed by atoms with Gasteiger partial charge in [0.05, 0.1) is 5.69 Å². The second-order valence-electron chi connectivity index (χ2n) is 7.98. The van der Waals surface area contributed by atoms with E-state index in [0.717, 1.165) is 23.8 Å². The third kappa shape index (κ3) is 3.69. The van der Waals surface area contributed by atoms with E-state index in [0.29, 0.717) is 23.7 Å². The van der Waals surface area contributed by atoms with Crippen LogP contribution in [0.5, 0.6) is 0 Å². The van der Waals surface area contributed by atoms with Crippen LogP contribution in [0.2, 0.25) is 0 Å². The van der Waals surface area contributed by atoms with Crippen LogP contribution >= 0.6 is 11.8 Å². The van der Waals surface area contributed by atoms with Crippen molar-refractivity contribution in [3.05, 3.63) is 65.2 Å². The average Bonchev–Trinajstić information content (AvgIpc) is 3.07. The van der Waals surface area contributed by atoms with Crippen molar-refractivity contribution in [2.24, 2.45) is 5.10 Å². The average molecular weight is 417 g/mol. The minimum atomic E-state index is -0.663. The van der Waals surface area contributed by atoms with Crippen LogP contribution in [0, 0.1) is 11.6 Å². The number of carbonyl (C=O) groups excluding carboxylic acids is 1. The number of para-hydroxylation sites is 1. The molecule has 2 aromatic rings. The van der Waals surface area contributed by atoms with Crippen molar-refractivity contribution >= 4 is 28.6 Å². The second-order valence-corrected chi connectivity index (χ2v) is 9.27. The van der Waals surface area contributed by atoms with E-state index in [-0.39, 0.29) is 5.56 Å². The molecule has 8 heteroatoms. The number of benzene rings is 2. The molecule has 0 radical (unpaired) electrons. The Morgan fingerprint density at radius 2 is 2.00 bits per heavy atom. The molecule has 5 nitrogen and oxygen atoms in total. The Morgan fingerprint density at radius 1 is 1.24 bits per heavy atom. The van der Waals surface area contributed by atoms with E-state index in [4.69, 9.17) is 4.74 Å². The molecule has 2 aromatic carbocycles. The number of rotatable bonds is 1. The fourth-order valence-electron chi connectivity index (χ4n) is 3.43. The highest BCUT2D eigenvalue weighted by Gasteiger charge is 2.46. The summed E-state index contributed by atoms with van der Waals surface area (Å²) in [5.74, 6) is -1.05. The van der Waals surface area contributed by atoms with Gasteiger partial charge in [-0.15, -0.1) is 0 Å². The first kappa shape index (κ1) is 19.7. The first-order valence-electron chi connectivity index (χ1n) is 9.28. The number of fused-ring (bicyclic) bond motifs is 2. The van der Waals surface area contributed by atoms with Gasteiger partial charge in [-0.3, -0.25) is 10.3 Å². The van der Waals surface area contributed by atoms with Gasteiger partial charge in [0.15, 0.2) is 0 Å². The summed E-state index contributed by atoms with van der Waals surface area (Å²) >= 11 is 1.33. The van der Waals surface area contributed by atoms with Gasteiger partial charge in [-0.25, -0.2) is 13.6 Å². The Balaban J connectivity index is 1.66. The molecule has 0 saturated carbocycles. The number of carbonyl (C=O) groups is 1. The standard InChI is InChI=1S/C21H21F2N3O2S/c1-20(2,3)28-19(27)26-11-10-21(15-6-4-5-7-17(15)26)25-24-18(29-21)14-12-13(22)8-9-16(14)23/h4-9,12,25H,10-11H2,1-3H3. The largest absolute Gasteiger partial charge is 0.443 e. The molecule has 152 valence electrons. The molecule has 29 heavy (non-hydrogen) atoms. The summed E-state index contributed by atoms with van der Waals surface area (Å²) in [6.07, 6.45) is 0.109. The molecule has 4 rings (SSSR count). The molecule has 1 atom stereocenters. The van der Waals surface area contributed by atoms with E-state index in [9.17, 15) is 13.6 Å². The Labute approximate surface area is 172 Å². The lowest BCUT2D eigenvalue weighted by molar-refractivity contribution is 0.0575. The van der Waals surface area contributed by atoms with Crippen LogP contribution in [-0.4, -0.2) is 23.3 Å². The molecule has 1 unspecified atom stereocenters. The molecular weight excluding hydrogens is 396 g/mol. The van der Waals surface area contributed by atoms with Crippen molar-refractivity contribution in [1.29, 1.82) is 0 Å². The molecular formula is C21H21F2N3O2S. The first-order valence-corrected chi connectivity index (χ1v) is 10.1. The molecule has 0 saturated heterocycles. The molecule has 2 aliphatic heterocycles. The van der Waals surface area contributed by atoms with Crippen LogP contribution in [0.3, 0.4) is 0 Å². The van der Waals surface area contributed by atoms with Crippen LogP contribution in [0.25, 0.3) is 0 Å². The number of amides is 1. The van der Waals surface area contributed by atoms with Gasteiger partial charge in [0, 0.05) is 24.1 Å². The van der Waals surface area contributed by atoms with Crippen LogP contribution in [0.1, 0.15) is 38.3 Å². The van der Waals surface area contributed by atoms with E-state index in [1.807, 2.05) is 45.0 Å². The van der Waals surface area contributed by atoms with E-state index in [1.54, 1.807) is 4.90 Å². The molecule has 1 amide bonds. The topological polar surface area (TPSA) is 53.9 Å². The summed E-state index contributed by atoms with van der Waals surface area (Å²) in [6.45, 7) is 5.87. The predicted octanol–water partition coefficient (Wildman–Crippen LogP) is 4.96. The van der Waals surface area contributed by atoms with Gasteiger partial charge in [0.2, 0.25) is 0 Å². The second kappa shape index (κ2) is 7.02. The summed E-state index contributed by atoms with van der Waals surface area (Å²) in [5.41, 5.74) is 4.18. The number of nitrogens with zero attached hydrogens (tertiary/aromatic N) is 2. The molecule has 1 N–H and O–H groups in total. The van der Waals surface area contributed by atoms with Crippen LogP contribution in [0.4, 0.5) is 19.3 Å². The molecule has 2 heterocycles. The first-order chi connectivity index (χ1) is 13.7. The minimum Gasteiger partial charge on any atom is -0.443 e. The summed E-state index contributed by atoms with van der Waals surface area (Å²) in [7, 11) is 0.